The number of carbonyl (C=O) groups is 3. The number of nitrogens with one attached hydrogen (secondary N) is 3. The van der Waals surface area contributed by atoms with Crippen molar-refractivity contribution in [2.45, 2.75) is 31.5 Å². The van der Waals surface area contributed by atoms with Gasteiger partial charge in [0.15, 0.2) is 11.5 Å². The highest BCUT2D eigenvalue weighted by molar-refractivity contribution is 6.36. The third-order valence-corrected chi connectivity index (χ3v) is 5.76. The maximum Gasteiger partial charge on any atom is 0.253 e. The summed E-state index contributed by atoms with van der Waals surface area (Å²) in [7, 11) is 0. The smallest absolute Gasteiger partial charge is 0.253 e. The van der Waals surface area contributed by atoms with Crippen LogP contribution in [-0.2, 0) is 9.59 Å². The van der Waals surface area contributed by atoms with Crippen LogP contribution in [0.3, 0.4) is 0 Å². The molecule has 1 saturated carbocycles. The van der Waals surface area contributed by atoms with Gasteiger partial charge in [-0.2, -0.15) is 0 Å². The summed E-state index contributed by atoms with van der Waals surface area (Å²) in [5.74, 6) is -0.773. The van der Waals surface area contributed by atoms with Gasteiger partial charge in [-0.15, -0.1) is 0 Å². The van der Waals surface area contributed by atoms with Crippen LogP contribution in [0.1, 0.15) is 36.0 Å². The highest BCUT2D eigenvalue weighted by Crippen LogP contribution is 2.47. The monoisotopic (exact) mass is 477 g/mol. The summed E-state index contributed by atoms with van der Waals surface area (Å²) < 4.78 is 11.9. The van der Waals surface area contributed by atoms with Crippen LogP contribution in [0.5, 0.6) is 11.5 Å². The minimum Gasteiger partial charge on any atom is -0.448 e. The van der Waals surface area contributed by atoms with Crippen molar-refractivity contribution in [1.82, 2.24) is 10.6 Å². The number of fused-ring (bicyclic) bond motifs is 1. The van der Waals surface area contributed by atoms with Crippen molar-refractivity contribution < 1.29 is 23.9 Å². The standard InChI is InChI=1S/C22H21Cl2N3O5/c23-13-3-5-15(16(24)9-13)21(30)26-11-19(28)25-12-20(29)27-14-4-6-17-18(10-14)32-22(31-17)7-1-2-8-22/h3-6,9-10H,1-2,7-8,11-12H2,(H,25,28)(H,26,30)(H,27,29). The van der Waals surface area contributed by atoms with Crippen molar-refractivity contribution in [2.75, 3.05) is 18.4 Å². The van der Waals surface area contributed by atoms with Gasteiger partial charge in [0.05, 0.1) is 23.7 Å². The number of hydrogen-bond donors (Lipinski definition) is 3. The number of carbonyl (C=O) groups excluding carboxylic acids is 3. The fourth-order valence-corrected chi connectivity index (χ4v) is 4.16. The Morgan fingerprint density at radius 3 is 2.34 bits per heavy atom. The number of amides is 3. The molecule has 2 aliphatic rings. The third kappa shape index (κ3) is 5.08. The van der Waals surface area contributed by atoms with E-state index in [2.05, 4.69) is 16.0 Å². The lowest BCUT2D eigenvalue weighted by molar-refractivity contribution is -0.123. The average Bonchev–Trinajstić information content (AvgIpc) is 3.35. The number of ether oxygens (including phenoxy) is 2. The normalized spacial score (nSPS) is 15.4. The van der Waals surface area contributed by atoms with E-state index in [0.717, 1.165) is 25.7 Å². The molecule has 0 atom stereocenters. The molecular formula is C22H21Cl2N3O5. The van der Waals surface area contributed by atoms with Crippen LogP contribution in [0, 0.1) is 0 Å². The van der Waals surface area contributed by atoms with Gasteiger partial charge in [-0.05, 0) is 43.2 Å². The highest BCUT2D eigenvalue weighted by Gasteiger charge is 2.44. The van der Waals surface area contributed by atoms with Crippen molar-refractivity contribution in [1.29, 1.82) is 0 Å². The van der Waals surface area contributed by atoms with E-state index in [1.807, 2.05) is 0 Å². The molecule has 1 spiro atoms. The summed E-state index contributed by atoms with van der Waals surface area (Å²) in [6, 6.07) is 9.60. The molecule has 0 bridgehead atoms. The molecule has 0 radical (unpaired) electrons. The quantitative estimate of drug-likeness (QED) is 0.589. The van der Waals surface area contributed by atoms with E-state index in [1.54, 1.807) is 18.2 Å². The summed E-state index contributed by atoms with van der Waals surface area (Å²) in [5, 5.41) is 8.17. The molecule has 4 rings (SSSR count). The van der Waals surface area contributed by atoms with E-state index in [1.165, 1.54) is 18.2 Å². The maximum absolute atomic E-state index is 12.2. The van der Waals surface area contributed by atoms with E-state index < -0.39 is 23.5 Å². The van der Waals surface area contributed by atoms with Gasteiger partial charge in [0, 0.05) is 29.6 Å². The fourth-order valence-electron chi connectivity index (χ4n) is 3.67. The van der Waals surface area contributed by atoms with Crippen LogP contribution in [0.25, 0.3) is 0 Å². The van der Waals surface area contributed by atoms with E-state index >= 15 is 0 Å². The molecule has 1 aliphatic carbocycles. The Labute approximate surface area is 194 Å². The lowest BCUT2D eigenvalue weighted by atomic mass is 10.2. The molecule has 10 heteroatoms. The molecule has 1 heterocycles. The molecule has 0 saturated heterocycles. The Balaban J connectivity index is 1.22. The van der Waals surface area contributed by atoms with E-state index in [-0.39, 0.29) is 23.7 Å². The van der Waals surface area contributed by atoms with Crippen LogP contribution in [0.2, 0.25) is 10.0 Å². The SMILES string of the molecule is O=C(CNC(=O)c1ccc(Cl)cc1Cl)NCC(=O)Nc1ccc2c(c1)OC1(CCCC1)O2. The number of benzene rings is 2. The zero-order chi connectivity index (χ0) is 22.7. The van der Waals surface area contributed by atoms with Gasteiger partial charge in [-0.3, -0.25) is 14.4 Å². The zero-order valence-corrected chi connectivity index (χ0v) is 18.5. The maximum atomic E-state index is 12.2. The summed E-state index contributed by atoms with van der Waals surface area (Å²) in [5.41, 5.74) is 0.733. The molecule has 8 nitrogen and oxygen atoms in total. The topological polar surface area (TPSA) is 106 Å². The second-order valence-corrected chi connectivity index (χ2v) is 8.46. The molecule has 3 N–H and O–H groups in total. The Hall–Kier alpha value is -2.97. The second kappa shape index (κ2) is 9.26. The first-order chi connectivity index (χ1) is 15.3. The summed E-state index contributed by atoms with van der Waals surface area (Å²) >= 11 is 11.8. The largest absolute Gasteiger partial charge is 0.448 e. The highest BCUT2D eigenvalue weighted by atomic mass is 35.5. The van der Waals surface area contributed by atoms with Crippen LogP contribution < -0.4 is 25.4 Å². The predicted octanol–water partition coefficient (Wildman–Crippen LogP) is 3.52. The van der Waals surface area contributed by atoms with Crippen molar-refractivity contribution in [2.24, 2.45) is 0 Å². The van der Waals surface area contributed by atoms with Crippen LogP contribution in [0.4, 0.5) is 5.69 Å². The number of halogens is 2. The molecule has 168 valence electrons. The van der Waals surface area contributed by atoms with Gasteiger partial charge < -0.3 is 25.4 Å². The lowest BCUT2D eigenvalue weighted by Crippen LogP contribution is -2.40. The third-order valence-electron chi connectivity index (χ3n) is 5.22. The summed E-state index contributed by atoms with van der Waals surface area (Å²) in [4.78, 5) is 36.3. The number of rotatable bonds is 6. The minimum atomic E-state index is -0.570. The molecule has 0 aromatic heterocycles. The predicted molar refractivity (Wildman–Crippen MR) is 119 cm³/mol. The van der Waals surface area contributed by atoms with Crippen LogP contribution >= 0.6 is 23.2 Å². The van der Waals surface area contributed by atoms with Crippen LogP contribution in [0.15, 0.2) is 36.4 Å². The van der Waals surface area contributed by atoms with Crippen molar-refractivity contribution in [3.63, 3.8) is 0 Å². The van der Waals surface area contributed by atoms with Crippen molar-refractivity contribution in [3.8, 4) is 11.5 Å². The molecule has 3 amide bonds. The first kappa shape index (κ1) is 22.2. The second-order valence-electron chi connectivity index (χ2n) is 7.62. The minimum absolute atomic E-state index is 0.178. The molecule has 1 fully saturated rings. The molecular weight excluding hydrogens is 457 g/mol. The summed E-state index contributed by atoms with van der Waals surface area (Å²) in [6.45, 7) is -0.564. The molecule has 2 aromatic rings. The molecule has 1 aliphatic heterocycles. The van der Waals surface area contributed by atoms with E-state index in [0.29, 0.717) is 22.2 Å². The Morgan fingerprint density at radius 1 is 0.875 bits per heavy atom. The lowest BCUT2D eigenvalue weighted by Gasteiger charge is -2.21. The Kier molecular flexibility index (Phi) is 6.43. The van der Waals surface area contributed by atoms with Crippen molar-refractivity contribution in [3.05, 3.63) is 52.0 Å². The van der Waals surface area contributed by atoms with Crippen LogP contribution in [-0.4, -0.2) is 36.6 Å². The Bertz CT molecular complexity index is 1070. The molecule has 32 heavy (non-hydrogen) atoms. The zero-order valence-electron chi connectivity index (χ0n) is 17.0. The van der Waals surface area contributed by atoms with Gasteiger partial charge in [0.25, 0.3) is 11.7 Å². The molecule has 2 aromatic carbocycles. The average molecular weight is 478 g/mol. The van der Waals surface area contributed by atoms with Crippen molar-refractivity contribution >= 4 is 46.6 Å². The fraction of sp³-hybridized carbons (Fsp3) is 0.318. The van der Waals surface area contributed by atoms with Gasteiger partial charge in [-0.1, -0.05) is 23.2 Å². The first-order valence-electron chi connectivity index (χ1n) is 10.2. The van der Waals surface area contributed by atoms with Gasteiger partial charge in [0.1, 0.15) is 0 Å². The first-order valence-corrected chi connectivity index (χ1v) is 10.9. The van der Waals surface area contributed by atoms with E-state index in [9.17, 15) is 14.4 Å². The van der Waals surface area contributed by atoms with Gasteiger partial charge >= 0.3 is 0 Å². The number of hydrogen-bond acceptors (Lipinski definition) is 5. The number of anilines is 1. The Morgan fingerprint density at radius 2 is 1.59 bits per heavy atom. The van der Waals surface area contributed by atoms with Gasteiger partial charge in [0.2, 0.25) is 11.8 Å². The molecule has 0 unspecified atom stereocenters. The van der Waals surface area contributed by atoms with Gasteiger partial charge in [-0.25, -0.2) is 0 Å². The summed E-state index contributed by atoms with van der Waals surface area (Å²) in [6.07, 6.45) is 3.81. The van der Waals surface area contributed by atoms with E-state index in [4.69, 9.17) is 32.7 Å².